The van der Waals surface area contributed by atoms with E-state index in [-0.39, 0.29) is 13.9 Å². The number of rotatable bonds is 2. The first-order chi connectivity index (χ1) is 5.37. The van der Waals surface area contributed by atoms with E-state index in [1.54, 1.807) is 36.3 Å². The molecule has 64 valence electrons. The van der Waals surface area contributed by atoms with Crippen molar-refractivity contribution < 1.29 is 0 Å². The van der Waals surface area contributed by atoms with E-state index in [0.717, 1.165) is 4.31 Å². The van der Waals surface area contributed by atoms with E-state index in [4.69, 9.17) is 0 Å². The Kier molecular flexibility index (Phi) is 2.65. The molecule has 2 heteroatoms. The van der Waals surface area contributed by atoms with Crippen molar-refractivity contribution in [2.24, 2.45) is 0 Å². The van der Waals surface area contributed by atoms with E-state index in [0.29, 0.717) is 0 Å². The van der Waals surface area contributed by atoms with Crippen LogP contribution in [0.5, 0.6) is 0 Å². The van der Waals surface area contributed by atoms with Crippen LogP contribution in [0.25, 0.3) is 0 Å². The minimum atomic E-state index is -0.136. The Bertz CT molecular complexity index is 131. The summed E-state index contributed by atoms with van der Waals surface area (Å²) < 4.78 is 0.885. The van der Waals surface area contributed by atoms with Gasteiger partial charge in [-0.15, -0.1) is 0 Å². The fourth-order valence-corrected chi connectivity index (χ4v) is 11.1. The zero-order valence-corrected chi connectivity index (χ0v) is 10.2. The summed E-state index contributed by atoms with van der Waals surface area (Å²) in [7, 11) is 0. The van der Waals surface area contributed by atoms with Crippen LogP contribution in [0.3, 0.4) is 0 Å². The molecule has 0 aromatic rings. The molecule has 0 amide bonds. The second-order valence-electron chi connectivity index (χ2n) is 3.78. The van der Waals surface area contributed by atoms with Gasteiger partial charge in [0.1, 0.15) is 0 Å². The molecule has 2 rings (SSSR count). The van der Waals surface area contributed by atoms with Crippen molar-refractivity contribution in [3.8, 4) is 0 Å². The number of alkyl halides is 1. The van der Waals surface area contributed by atoms with Crippen LogP contribution < -0.4 is 0 Å². The molecule has 0 aromatic carbocycles. The third kappa shape index (κ3) is 1.43. The average Bonchev–Trinajstić information content (AvgIpc) is 2.39. The maximum atomic E-state index is 3.72. The Morgan fingerprint density at radius 1 is 1.09 bits per heavy atom. The molecule has 0 radical (unpaired) electrons. The van der Waals surface area contributed by atoms with Crippen molar-refractivity contribution in [1.29, 1.82) is 0 Å². The standard InChI is InChI=1S/C9H16BrSe/c10-8-9(4-3-5-9)11-6-1-2-7-11/h1-8H2/q+1. The van der Waals surface area contributed by atoms with Gasteiger partial charge in [-0.25, -0.2) is 0 Å². The van der Waals surface area contributed by atoms with Crippen LogP contribution in [-0.4, -0.2) is 19.2 Å². The molecule has 0 spiro atoms. The molecule has 1 aliphatic carbocycles. The van der Waals surface area contributed by atoms with Crippen LogP contribution in [0.4, 0.5) is 0 Å². The van der Waals surface area contributed by atoms with E-state index in [9.17, 15) is 0 Å². The van der Waals surface area contributed by atoms with Crippen molar-refractivity contribution in [3.63, 3.8) is 0 Å². The number of halogens is 1. The van der Waals surface area contributed by atoms with Gasteiger partial charge >= 0.3 is 82.2 Å². The minimum absolute atomic E-state index is 0.136. The molecule has 1 heterocycles. The van der Waals surface area contributed by atoms with Crippen molar-refractivity contribution in [2.45, 2.75) is 47.1 Å². The van der Waals surface area contributed by atoms with Gasteiger partial charge in [0.15, 0.2) is 0 Å². The molecule has 2 fully saturated rings. The average molecular weight is 283 g/mol. The van der Waals surface area contributed by atoms with Crippen molar-refractivity contribution >= 4 is 29.8 Å². The number of hydrogen-bond acceptors (Lipinski definition) is 0. The van der Waals surface area contributed by atoms with E-state index < -0.39 is 0 Å². The second-order valence-corrected chi connectivity index (χ2v) is 9.94. The molecule has 0 N–H and O–H groups in total. The van der Waals surface area contributed by atoms with Gasteiger partial charge in [0.25, 0.3) is 0 Å². The van der Waals surface area contributed by atoms with Gasteiger partial charge in [0, 0.05) is 0 Å². The molecule has 0 unspecified atom stereocenters. The zero-order valence-electron chi connectivity index (χ0n) is 6.94. The number of hydrogen-bond donors (Lipinski definition) is 0. The quantitative estimate of drug-likeness (QED) is 0.536. The Morgan fingerprint density at radius 3 is 2.09 bits per heavy atom. The van der Waals surface area contributed by atoms with Gasteiger partial charge in [-0.2, -0.15) is 0 Å². The fourth-order valence-electron chi connectivity index (χ4n) is 2.16. The van der Waals surface area contributed by atoms with E-state index in [1.165, 1.54) is 11.8 Å². The van der Waals surface area contributed by atoms with Gasteiger partial charge in [0.05, 0.1) is 0 Å². The van der Waals surface area contributed by atoms with Crippen molar-refractivity contribution in [1.82, 2.24) is 0 Å². The molecule has 0 bridgehead atoms. The summed E-state index contributed by atoms with van der Waals surface area (Å²) in [6.07, 6.45) is 7.75. The molecular formula is C9H16BrSe+. The second kappa shape index (κ2) is 3.39. The van der Waals surface area contributed by atoms with Crippen LogP contribution in [0.2, 0.25) is 15.0 Å². The first-order valence-electron chi connectivity index (χ1n) is 4.61. The van der Waals surface area contributed by atoms with Gasteiger partial charge in [-0.05, 0) is 0 Å². The molecular weight excluding hydrogens is 267 g/mol. The van der Waals surface area contributed by atoms with Gasteiger partial charge in [-0.1, -0.05) is 0 Å². The van der Waals surface area contributed by atoms with Gasteiger partial charge < -0.3 is 0 Å². The SMILES string of the molecule is BrCC1([Se+]2CCCC2)CCC1. The van der Waals surface area contributed by atoms with Crippen LogP contribution in [-0.2, 0) is 0 Å². The first-order valence-corrected chi connectivity index (χ1v) is 9.01. The zero-order chi connectivity index (χ0) is 7.73. The Balaban J connectivity index is 1.99. The third-order valence-electron chi connectivity index (χ3n) is 3.15. The molecule has 0 nitrogen and oxygen atoms in total. The summed E-state index contributed by atoms with van der Waals surface area (Å²) in [6.45, 7) is 0. The topological polar surface area (TPSA) is 0 Å². The molecule has 1 saturated carbocycles. The molecule has 0 aromatic heterocycles. The predicted molar refractivity (Wildman–Crippen MR) is 54.9 cm³/mol. The molecule has 1 aliphatic heterocycles. The maximum absolute atomic E-state index is 3.72. The Hall–Kier alpha value is 0.999. The van der Waals surface area contributed by atoms with Gasteiger partial charge in [0.2, 0.25) is 0 Å². The van der Waals surface area contributed by atoms with Crippen molar-refractivity contribution in [3.05, 3.63) is 0 Å². The van der Waals surface area contributed by atoms with Crippen LogP contribution in [0, 0.1) is 0 Å². The fraction of sp³-hybridized carbons (Fsp3) is 1.00. The summed E-state index contributed by atoms with van der Waals surface area (Å²) in [5, 5.41) is 4.61. The first kappa shape index (κ1) is 8.59. The summed E-state index contributed by atoms with van der Waals surface area (Å²) >= 11 is 3.59. The summed E-state index contributed by atoms with van der Waals surface area (Å²) in [4.78, 5) is 0. The van der Waals surface area contributed by atoms with Crippen molar-refractivity contribution in [2.75, 3.05) is 5.33 Å². The van der Waals surface area contributed by atoms with Crippen LogP contribution in [0.1, 0.15) is 32.1 Å². The molecule has 2 aliphatic rings. The summed E-state index contributed by atoms with van der Waals surface area (Å²) in [5.74, 6) is 0. The molecule has 1 saturated heterocycles. The molecule has 0 atom stereocenters. The normalized spacial score (nSPS) is 30.3. The molecule has 11 heavy (non-hydrogen) atoms. The van der Waals surface area contributed by atoms with Crippen LogP contribution >= 0.6 is 15.9 Å². The monoisotopic (exact) mass is 283 g/mol. The van der Waals surface area contributed by atoms with E-state index in [1.807, 2.05) is 0 Å². The predicted octanol–water partition coefficient (Wildman–Crippen LogP) is 3.59. The summed E-state index contributed by atoms with van der Waals surface area (Å²) in [5.41, 5.74) is 0. The Labute approximate surface area is 82.1 Å². The summed E-state index contributed by atoms with van der Waals surface area (Å²) in [6, 6.07) is 0. The third-order valence-corrected chi connectivity index (χ3v) is 12.1. The van der Waals surface area contributed by atoms with E-state index in [2.05, 4.69) is 15.9 Å². The van der Waals surface area contributed by atoms with Gasteiger partial charge in [-0.3, -0.25) is 0 Å². The Morgan fingerprint density at radius 2 is 1.73 bits per heavy atom. The van der Waals surface area contributed by atoms with E-state index >= 15 is 0 Å². The van der Waals surface area contributed by atoms with Crippen LogP contribution in [0.15, 0.2) is 0 Å².